The lowest BCUT2D eigenvalue weighted by Crippen LogP contribution is -2.14. The van der Waals surface area contributed by atoms with Gasteiger partial charge in [0, 0.05) is 0 Å². The van der Waals surface area contributed by atoms with Gasteiger partial charge in [0.05, 0.1) is 6.04 Å². The first-order valence-electron chi connectivity index (χ1n) is 6.59. The molecule has 0 aromatic heterocycles. The second kappa shape index (κ2) is 5.15. The summed E-state index contributed by atoms with van der Waals surface area (Å²) in [4.78, 5) is 0. The van der Waals surface area contributed by atoms with E-state index in [-0.39, 0.29) is 6.04 Å². The van der Waals surface area contributed by atoms with E-state index in [1.165, 1.54) is 22.3 Å². The Balaban J connectivity index is 1.93. The largest absolute Gasteiger partial charge is 0.381 e. The molecule has 2 aromatic carbocycles. The minimum Gasteiger partial charge on any atom is -0.381 e. The van der Waals surface area contributed by atoms with Gasteiger partial charge in [0.2, 0.25) is 0 Å². The third-order valence-electron chi connectivity index (χ3n) is 3.42. The van der Waals surface area contributed by atoms with Gasteiger partial charge in [-0.1, -0.05) is 60.2 Å². The van der Waals surface area contributed by atoms with Crippen LogP contribution in [-0.2, 0) is 0 Å². The molecule has 0 saturated carbocycles. The zero-order valence-corrected chi connectivity index (χ0v) is 11.0. The van der Waals surface area contributed by atoms with Gasteiger partial charge in [-0.15, -0.1) is 0 Å². The molecule has 3 rings (SSSR count). The van der Waals surface area contributed by atoms with Crippen molar-refractivity contribution in [3.8, 4) is 11.1 Å². The van der Waals surface area contributed by atoms with Gasteiger partial charge in [-0.2, -0.15) is 0 Å². The number of hydrogen-bond acceptors (Lipinski definition) is 1. The van der Waals surface area contributed by atoms with E-state index in [0.29, 0.717) is 0 Å². The van der Waals surface area contributed by atoms with Crippen LogP contribution in [0.25, 0.3) is 11.1 Å². The molecule has 1 heterocycles. The molecular weight excluding hydrogens is 230 g/mol. The second-order valence-electron chi connectivity index (χ2n) is 4.88. The Bertz CT molecular complexity index is 620. The molecule has 0 spiro atoms. The fraction of sp³-hybridized carbons (Fsp3) is 0.111. The van der Waals surface area contributed by atoms with E-state index in [4.69, 9.17) is 0 Å². The number of benzene rings is 2. The van der Waals surface area contributed by atoms with Crippen LogP contribution in [0.3, 0.4) is 0 Å². The monoisotopic (exact) mass is 247 g/mol. The highest BCUT2D eigenvalue weighted by atomic mass is 14.9. The van der Waals surface area contributed by atoms with Crippen LogP contribution < -0.4 is 5.32 Å². The van der Waals surface area contributed by atoms with Gasteiger partial charge in [-0.25, -0.2) is 0 Å². The first-order valence-corrected chi connectivity index (χ1v) is 6.59. The molecule has 19 heavy (non-hydrogen) atoms. The topological polar surface area (TPSA) is 12.0 Å². The van der Waals surface area contributed by atoms with Gasteiger partial charge < -0.3 is 5.32 Å². The highest BCUT2D eigenvalue weighted by Crippen LogP contribution is 2.25. The summed E-state index contributed by atoms with van der Waals surface area (Å²) in [6, 6.07) is 17.7. The van der Waals surface area contributed by atoms with Crippen LogP contribution >= 0.6 is 0 Å². The molecule has 1 aliphatic heterocycles. The van der Waals surface area contributed by atoms with Gasteiger partial charge in [-0.3, -0.25) is 0 Å². The van der Waals surface area contributed by atoms with Crippen molar-refractivity contribution in [2.75, 3.05) is 0 Å². The summed E-state index contributed by atoms with van der Waals surface area (Å²) in [5.41, 5.74) is 5.12. The zero-order chi connectivity index (χ0) is 13.1. The molecule has 2 aromatic rings. The van der Waals surface area contributed by atoms with E-state index in [1.54, 1.807) is 0 Å². The van der Waals surface area contributed by atoms with Crippen molar-refractivity contribution in [3.05, 3.63) is 84.1 Å². The number of aryl methyl sites for hydroxylation is 1. The number of dihydropyridines is 1. The lowest BCUT2D eigenvalue weighted by molar-refractivity contribution is 0.747. The Morgan fingerprint density at radius 2 is 1.74 bits per heavy atom. The van der Waals surface area contributed by atoms with E-state index in [1.807, 2.05) is 12.3 Å². The van der Waals surface area contributed by atoms with Crippen LogP contribution in [0.1, 0.15) is 17.2 Å². The number of rotatable bonds is 2. The fourth-order valence-corrected chi connectivity index (χ4v) is 2.31. The molecule has 0 amide bonds. The van der Waals surface area contributed by atoms with E-state index in [2.05, 4.69) is 72.9 Å². The maximum absolute atomic E-state index is 3.36. The summed E-state index contributed by atoms with van der Waals surface area (Å²) in [6.07, 6.45) is 8.26. The van der Waals surface area contributed by atoms with Crippen molar-refractivity contribution in [1.82, 2.24) is 5.32 Å². The fourth-order valence-electron chi connectivity index (χ4n) is 2.31. The molecule has 0 bridgehead atoms. The third kappa shape index (κ3) is 2.60. The van der Waals surface area contributed by atoms with E-state index in [9.17, 15) is 0 Å². The highest BCUT2D eigenvalue weighted by molar-refractivity contribution is 5.64. The molecule has 0 saturated heterocycles. The summed E-state index contributed by atoms with van der Waals surface area (Å²) < 4.78 is 0. The Morgan fingerprint density at radius 3 is 2.47 bits per heavy atom. The maximum Gasteiger partial charge on any atom is 0.0695 e. The minimum absolute atomic E-state index is 0.274. The minimum atomic E-state index is 0.274. The number of allylic oxidation sites excluding steroid dienone is 2. The molecule has 0 fully saturated rings. The first-order chi connectivity index (χ1) is 9.33. The molecule has 1 nitrogen and oxygen atoms in total. The molecular formula is C18H17N. The van der Waals surface area contributed by atoms with Crippen LogP contribution in [0.4, 0.5) is 0 Å². The molecule has 1 aliphatic rings. The molecule has 94 valence electrons. The molecule has 1 atom stereocenters. The first kappa shape index (κ1) is 11.8. The van der Waals surface area contributed by atoms with Crippen molar-refractivity contribution in [2.45, 2.75) is 13.0 Å². The van der Waals surface area contributed by atoms with Crippen molar-refractivity contribution in [2.24, 2.45) is 0 Å². The third-order valence-corrected chi connectivity index (χ3v) is 3.42. The molecule has 0 aliphatic carbocycles. The van der Waals surface area contributed by atoms with Gasteiger partial charge in [0.1, 0.15) is 0 Å². The van der Waals surface area contributed by atoms with E-state index >= 15 is 0 Å². The molecule has 1 heteroatoms. The summed E-state index contributed by atoms with van der Waals surface area (Å²) in [5, 5.41) is 3.36. The summed E-state index contributed by atoms with van der Waals surface area (Å²) in [7, 11) is 0. The average Bonchev–Trinajstić information content (AvgIpc) is 2.49. The van der Waals surface area contributed by atoms with Crippen molar-refractivity contribution < 1.29 is 0 Å². The molecule has 1 unspecified atom stereocenters. The number of hydrogen-bond donors (Lipinski definition) is 1. The Morgan fingerprint density at radius 1 is 0.895 bits per heavy atom. The zero-order valence-electron chi connectivity index (χ0n) is 11.0. The highest BCUT2D eigenvalue weighted by Gasteiger charge is 2.08. The van der Waals surface area contributed by atoms with E-state index < -0.39 is 0 Å². The average molecular weight is 247 g/mol. The van der Waals surface area contributed by atoms with Gasteiger partial charge >= 0.3 is 0 Å². The Kier molecular flexibility index (Phi) is 3.20. The molecule has 0 radical (unpaired) electrons. The summed E-state index contributed by atoms with van der Waals surface area (Å²) in [6.45, 7) is 2.11. The Hall–Kier alpha value is -2.28. The summed E-state index contributed by atoms with van der Waals surface area (Å²) in [5.74, 6) is 0. The van der Waals surface area contributed by atoms with Gasteiger partial charge in [0.15, 0.2) is 0 Å². The van der Waals surface area contributed by atoms with Crippen molar-refractivity contribution >= 4 is 0 Å². The van der Waals surface area contributed by atoms with Crippen LogP contribution in [0.2, 0.25) is 0 Å². The Labute approximate surface area is 114 Å². The van der Waals surface area contributed by atoms with Crippen LogP contribution in [-0.4, -0.2) is 0 Å². The maximum atomic E-state index is 3.36. The van der Waals surface area contributed by atoms with Crippen molar-refractivity contribution in [1.29, 1.82) is 0 Å². The predicted molar refractivity (Wildman–Crippen MR) is 80.8 cm³/mol. The quantitative estimate of drug-likeness (QED) is 0.830. The number of nitrogens with one attached hydrogen (secondary N) is 1. The molecule has 1 N–H and O–H groups in total. The summed E-state index contributed by atoms with van der Waals surface area (Å²) >= 11 is 0. The predicted octanol–water partition coefficient (Wildman–Crippen LogP) is 4.38. The van der Waals surface area contributed by atoms with Gasteiger partial charge in [-0.05, 0) is 42.0 Å². The van der Waals surface area contributed by atoms with Crippen molar-refractivity contribution in [3.63, 3.8) is 0 Å². The SMILES string of the molecule is Cc1ccc(-c2cccc(C3C=CC=CN3)c2)cc1. The van der Waals surface area contributed by atoms with Gasteiger partial charge in [0.25, 0.3) is 0 Å². The normalized spacial score (nSPS) is 17.2. The van der Waals surface area contributed by atoms with Crippen LogP contribution in [0.15, 0.2) is 73.0 Å². The standard InChI is InChI=1S/C18H17N/c1-14-8-10-15(11-9-14)16-5-4-6-17(13-16)18-7-2-3-12-19-18/h2-13,18-19H,1H3. The lowest BCUT2D eigenvalue weighted by atomic mass is 9.98. The van der Waals surface area contributed by atoms with Crippen LogP contribution in [0, 0.1) is 6.92 Å². The smallest absolute Gasteiger partial charge is 0.0695 e. The lowest BCUT2D eigenvalue weighted by Gasteiger charge is -2.17. The van der Waals surface area contributed by atoms with Crippen LogP contribution in [0.5, 0.6) is 0 Å². The van der Waals surface area contributed by atoms with E-state index in [0.717, 1.165) is 0 Å². The second-order valence-corrected chi connectivity index (χ2v) is 4.88.